The van der Waals surface area contributed by atoms with Gasteiger partial charge in [-0.3, -0.25) is 0 Å². The van der Waals surface area contributed by atoms with Crippen molar-refractivity contribution in [2.45, 2.75) is 6.18 Å². The van der Waals surface area contributed by atoms with Gasteiger partial charge in [0.05, 0.1) is 0 Å². The monoisotopic (exact) mass is 244 g/mol. The average Bonchev–Trinajstić information content (AvgIpc) is 2.29. The number of anilines is 1. The van der Waals surface area contributed by atoms with E-state index in [-0.39, 0.29) is 6.01 Å². The van der Waals surface area contributed by atoms with Crippen molar-refractivity contribution in [3.63, 3.8) is 0 Å². The van der Waals surface area contributed by atoms with Crippen LogP contribution in [0.15, 0.2) is 9.09 Å². The molecule has 68 valence electrons. The second kappa shape index (κ2) is 2.96. The van der Waals surface area contributed by atoms with Crippen LogP contribution >= 0.6 is 15.9 Å². The Morgan fingerprint density at radius 3 is 2.33 bits per heavy atom. The number of oxazole rings is 1. The fourth-order valence-electron chi connectivity index (χ4n) is 0.583. The minimum atomic E-state index is -4.49. The third-order valence-electron chi connectivity index (χ3n) is 1.07. The van der Waals surface area contributed by atoms with E-state index in [0.29, 0.717) is 0 Å². The number of halogens is 4. The highest BCUT2D eigenvalue weighted by molar-refractivity contribution is 9.10. The topological polar surface area (TPSA) is 38.1 Å². The minimum Gasteiger partial charge on any atom is -0.416 e. The fourth-order valence-corrected chi connectivity index (χ4v) is 1.05. The van der Waals surface area contributed by atoms with Gasteiger partial charge in [0.2, 0.25) is 4.67 Å². The van der Waals surface area contributed by atoms with Gasteiger partial charge in [0.1, 0.15) is 0 Å². The maximum Gasteiger partial charge on any atom is 0.437 e. The summed E-state index contributed by atoms with van der Waals surface area (Å²) in [6.07, 6.45) is -4.49. The predicted octanol–water partition coefficient (Wildman–Crippen LogP) is 2.50. The van der Waals surface area contributed by atoms with E-state index < -0.39 is 16.5 Å². The third-order valence-corrected chi connectivity index (χ3v) is 1.61. The van der Waals surface area contributed by atoms with Crippen LogP contribution in [0.4, 0.5) is 19.2 Å². The van der Waals surface area contributed by atoms with Gasteiger partial charge in [-0.1, -0.05) is 0 Å². The summed E-state index contributed by atoms with van der Waals surface area (Å²) in [6.45, 7) is 0. The van der Waals surface area contributed by atoms with E-state index in [1.807, 2.05) is 0 Å². The SMILES string of the molecule is CNc1nc(C(F)(F)F)c(Br)o1. The molecule has 0 bridgehead atoms. The van der Waals surface area contributed by atoms with E-state index in [0.717, 1.165) is 0 Å². The number of nitrogens with one attached hydrogen (secondary N) is 1. The van der Waals surface area contributed by atoms with Gasteiger partial charge >= 0.3 is 6.18 Å². The molecule has 1 aromatic heterocycles. The first-order valence-corrected chi connectivity index (χ1v) is 3.65. The van der Waals surface area contributed by atoms with Crippen LogP contribution in [0.1, 0.15) is 5.69 Å². The molecule has 0 radical (unpaired) electrons. The van der Waals surface area contributed by atoms with Crippen molar-refractivity contribution in [2.24, 2.45) is 0 Å². The molecule has 7 heteroatoms. The lowest BCUT2D eigenvalue weighted by atomic mass is 10.5. The first kappa shape index (κ1) is 9.37. The normalized spacial score (nSPS) is 11.8. The molecule has 0 spiro atoms. The Balaban J connectivity index is 3.08. The highest BCUT2D eigenvalue weighted by atomic mass is 79.9. The molecule has 1 rings (SSSR count). The van der Waals surface area contributed by atoms with Crippen molar-refractivity contribution in [3.8, 4) is 0 Å². The smallest absolute Gasteiger partial charge is 0.416 e. The van der Waals surface area contributed by atoms with Gasteiger partial charge in [0.15, 0.2) is 5.69 Å². The second-order valence-corrected chi connectivity index (χ2v) is 2.61. The van der Waals surface area contributed by atoms with Crippen LogP contribution < -0.4 is 5.32 Å². The van der Waals surface area contributed by atoms with Gasteiger partial charge in [-0.2, -0.15) is 18.2 Å². The molecule has 0 amide bonds. The lowest BCUT2D eigenvalue weighted by molar-refractivity contribution is -0.141. The Morgan fingerprint density at radius 2 is 2.08 bits per heavy atom. The third kappa shape index (κ3) is 1.71. The van der Waals surface area contributed by atoms with E-state index in [1.54, 1.807) is 0 Å². The minimum absolute atomic E-state index is 0.172. The van der Waals surface area contributed by atoms with Crippen molar-refractivity contribution in [1.82, 2.24) is 4.98 Å². The Labute approximate surface area is 74.1 Å². The summed E-state index contributed by atoms with van der Waals surface area (Å²) in [5, 5.41) is 2.35. The number of aromatic nitrogens is 1. The highest BCUT2D eigenvalue weighted by Gasteiger charge is 2.38. The number of hydrogen-bond donors (Lipinski definition) is 1. The molecule has 0 unspecified atom stereocenters. The number of rotatable bonds is 1. The molecule has 0 atom stereocenters. The molecule has 1 heterocycles. The van der Waals surface area contributed by atoms with Crippen LogP contribution in [0.25, 0.3) is 0 Å². The number of nitrogens with zero attached hydrogens (tertiary/aromatic N) is 1. The zero-order chi connectivity index (χ0) is 9.35. The van der Waals surface area contributed by atoms with Crippen LogP contribution in [0, 0.1) is 0 Å². The maximum absolute atomic E-state index is 12.0. The molecule has 0 aliphatic heterocycles. The van der Waals surface area contributed by atoms with Gasteiger partial charge in [0.25, 0.3) is 6.01 Å². The fraction of sp³-hybridized carbons (Fsp3) is 0.400. The van der Waals surface area contributed by atoms with Crippen LogP contribution in [0.2, 0.25) is 0 Å². The van der Waals surface area contributed by atoms with Crippen LogP contribution in [0.5, 0.6) is 0 Å². The predicted molar refractivity (Wildman–Crippen MR) is 38.8 cm³/mol. The van der Waals surface area contributed by atoms with Crippen molar-refractivity contribution in [2.75, 3.05) is 12.4 Å². The van der Waals surface area contributed by atoms with Crippen LogP contribution in [-0.4, -0.2) is 12.0 Å². The Bertz CT molecular complexity index is 283. The van der Waals surface area contributed by atoms with Crippen molar-refractivity contribution in [3.05, 3.63) is 10.4 Å². The summed E-state index contributed by atoms with van der Waals surface area (Å²) in [7, 11) is 1.42. The number of hydrogen-bond acceptors (Lipinski definition) is 3. The molecule has 0 saturated heterocycles. The quantitative estimate of drug-likeness (QED) is 0.825. The van der Waals surface area contributed by atoms with Gasteiger partial charge in [-0.25, -0.2) is 0 Å². The summed E-state index contributed by atoms with van der Waals surface area (Å²) in [5.74, 6) is 0. The molecule has 0 fully saturated rings. The van der Waals surface area contributed by atoms with Crippen molar-refractivity contribution < 1.29 is 17.6 Å². The highest BCUT2D eigenvalue weighted by Crippen LogP contribution is 2.35. The Morgan fingerprint density at radius 1 is 1.50 bits per heavy atom. The van der Waals surface area contributed by atoms with E-state index >= 15 is 0 Å². The van der Waals surface area contributed by atoms with Gasteiger partial charge < -0.3 is 9.73 Å². The molecule has 12 heavy (non-hydrogen) atoms. The summed E-state index contributed by atoms with van der Waals surface area (Å²) in [4.78, 5) is 3.15. The molecule has 0 aromatic carbocycles. The summed E-state index contributed by atoms with van der Waals surface area (Å²) in [5.41, 5.74) is -1.06. The van der Waals surface area contributed by atoms with Crippen LogP contribution in [0.3, 0.4) is 0 Å². The summed E-state index contributed by atoms with van der Waals surface area (Å²) >= 11 is 2.60. The summed E-state index contributed by atoms with van der Waals surface area (Å²) in [6, 6.07) is -0.172. The molecular formula is C5H4BrF3N2O. The molecule has 3 nitrogen and oxygen atoms in total. The van der Waals surface area contributed by atoms with E-state index in [2.05, 4.69) is 30.6 Å². The van der Waals surface area contributed by atoms with Gasteiger partial charge in [-0.05, 0) is 15.9 Å². The standard InChI is InChI=1S/C5H4BrF3N2O/c1-10-4-11-2(3(6)12-4)5(7,8)9/h1H3,(H,10,11). The van der Waals surface area contributed by atoms with Gasteiger partial charge in [0, 0.05) is 7.05 Å². The van der Waals surface area contributed by atoms with E-state index in [1.165, 1.54) is 7.05 Å². The summed E-state index contributed by atoms with van der Waals surface area (Å²) < 4.78 is 40.2. The first-order valence-electron chi connectivity index (χ1n) is 2.86. The van der Waals surface area contributed by atoms with Crippen LogP contribution in [-0.2, 0) is 6.18 Å². The van der Waals surface area contributed by atoms with E-state index in [9.17, 15) is 13.2 Å². The van der Waals surface area contributed by atoms with E-state index in [4.69, 9.17) is 0 Å². The zero-order valence-corrected chi connectivity index (χ0v) is 7.45. The molecular weight excluding hydrogens is 241 g/mol. The molecule has 0 aliphatic carbocycles. The van der Waals surface area contributed by atoms with Crippen molar-refractivity contribution >= 4 is 21.9 Å². The first-order chi connectivity index (χ1) is 5.45. The molecule has 0 aliphatic rings. The second-order valence-electron chi connectivity index (χ2n) is 1.89. The van der Waals surface area contributed by atoms with Gasteiger partial charge in [-0.15, -0.1) is 0 Å². The lowest BCUT2D eigenvalue weighted by Gasteiger charge is -1.99. The van der Waals surface area contributed by atoms with Crippen molar-refractivity contribution in [1.29, 1.82) is 0 Å². The molecule has 0 saturated carbocycles. The number of alkyl halides is 3. The Hall–Kier alpha value is -0.720. The largest absolute Gasteiger partial charge is 0.437 e. The lowest BCUT2D eigenvalue weighted by Crippen LogP contribution is -2.06. The Kier molecular flexibility index (Phi) is 2.31. The molecule has 1 N–H and O–H groups in total. The molecule has 1 aromatic rings. The average molecular weight is 245 g/mol. The zero-order valence-electron chi connectivity index (χ0n) is 5.87. The maximum atomic E-state index is 12.0.